The van der Waals surface area contributed by atoms with Crippen molar-refractivity contribution in [3.8, 4) is 0 Å². The lowest BCUT2D eigenvalue weighted by Crippen LogP contribution is -2.32. The van der Waals surface area contributed by atoms with Gasteiger partial charge in [0.05, 0.1) is 11.8 Å². The molecule has 0 N–H and O–H groups in total. The van der Waals surface area contributed by atoms with Crippen molar-refractivity contribution < 1.29 is 9.59 Å². The van der Waals surface area contributed by atoms with E-state index in [-0.39, 0.29) is 35.5 Å². The Morgan fingerprint density at radius 2 is 1.82 bits per heavy atom. The molecule has 0 spiro atoms. The van der Waals surface area contributed by atoms with Crippen LogP contribution in [0.1, 0.15) is 6.42 Å². The van der Waals surface area contributed by atoms with Gasteiger partial charge in [-0.1, -0.05) is 12.2 Å². The number of hydrogen-bond acceptors (Lipinski definition) is 4. The van der Waals surface area contributed by atoms with Gasteiger partial charge in [-0.15, -0.1) is 11.3 Å². The SMILES string of the molecule is O=C1C2C(C(=O)N1c1nccs1)[C@H]1C=C[C@@H]2C1. The number of hydrogen-bond donors (Lipinski definition) is 0. The Hall–Kier alpha value is -1.49. The average Bonchev–Trinajstić information content (AvgIpc) is 3.03. The van der Waals surface area contributed by atoms with Gasteiger partial charge in [-0.3, -0.25) is 9.59 Å². The van der Waals surface area contributed by atoms with Crippen LogP contribution < -0.4 is 4.90 Å². The van der Waals surface area contributed by atoms with E-state index in [0.717, 1.165) is 6.42 Å². The highest BCUT2D eigenvalue weighted by Crippen LogP contribution is 2.53. The molecule has 4 atom stereocenters. The predicted octanol–water partition coefficient (Wildman–Crippen LogP) is 1.45. The van der Waals surface area contributed by atoms with E-state index in [1.165, 1.54) is 16.2 Å². The van der Waals surface area contributed by atoms with Gasteiger partial charge in [-0.2, -0.15) is 0 Å². The maximum atomic E-state index is 12.3. The third-order valence-corrected chi connectivity index (χ3v) is 4.84. The zero-order chi connectivity index (χ0) is 11.6. The number of thiazole rings is 1. The first-order valence-corrected chi connectivity index (χ1v) is 6.61. The zero-order valence-electron chi connectivity index (χ0n) is 8.95. The fraction of sp³-hybridized carbons (Fsp3) is 0.417. The van der Waals surface area contributed by atoms with Gasteiger partial charge < -0.3 is 0 Å². The summed E-state index contributed by atoms with van der Waals surface area (Å²) in [5.41, 5.74) is 0. The molecule has 4 nitrogen and oxygen atoms in total. The van der Waals surface area contributed by atoms with Gasteiger partial charge in [0.15, 0.2) is 5.13 Å². The molecule has 3 aliphatic rings. The van der Waals surface area contributed by atoms with Gasteiger partial charge in [0.2, 0.25) is 11.8 Å². The molecule has 0 aromatic carbocycles. The highest BCUT2D eigenvalue weighted by Gasteiger charge is 2.60. The molecule has 1 aromatic rings. The molecule has 5 heteroatoms. The van der Waals surface area contributed by atoms with Gasteiger partial charge >= 0.3 is 0 Å². The number of allylic oxidation sites excluding steroid dienone is 2. The van der Waals surface area contributed by atoms with Crippen molar-refractivity contribution in [3.63, 3.8) is 0 Å². The van der Waals surface area contributed by atoms with Crippen LogP contribution in [0.25, 0.3) is 0 Å². The fourth-order valence-corrected chi connectivity index (χ4v) is 4.07. The van der Waals surface area contributed by atoms with Crippen molar-refractivity contribution in [1.82, 2.24) is 4.98 Å². The first-order valence-electron chi connectivity index (χ1n) is 5.73. The lowest BCUT2D eigenvalue weighted by atomic mass is 9.85. The maximum Gasteiger partial charge on any atom is 0.240 e. The van der Waals surface area contributed by atoms with E-state index in [1.54, 1.807) is 11.6 Å². The first-order chi connectivity index (χ1) is 8.27. The normalized spacial score (nSPS) is 38.2. The van der Waals surface area contributed by atoms with E-state index in [0.29, 0.717) is 5.13 Å². The second kappa shape index (κ2) is 3.04. The van der Waals surface area contributed by atoms with Crippen molar-refractivity contribution in [2.45, 2.75) is 6.42 Å². The second-order valence-electron chi connectivity index (χ2n) is 4.83. The zero-order valence-corrected chi connectivity index (χ0v) is 9.76. The summed E-state index contributed by atoms with van der Waals surface area (Å²) < 4.78 is 0. The van der Waals surface area contributed by atoms with Crippen LogP contribution >= 0.6 is 11.3 Å². The minimum Gasteiger partial charge on any atom is -0.274 e. The highest BCUT2D eigenvalue weighted by atomic mass is 32.1. The van der Waals surface area contributed by atoms with E-state index in [4.69, 9.17) is 0 Å². The number of carbonyl (C=O) groups excluding carboxylic acids is 2. The molecule has 0 radical (unpaired) electrons. The Morgan fingerprint density at radius 1 is 1.18 bits per heavy atom. The lowest BCUT2D eigenvalue weighted by Gasteiger charge is -2.14. The molecule has 2 unspecified atom stereocenters. The standard InChI is InChI=1S/C12H10N2O2S/c15-10-8-6-1-2-7(5-6)9(8)11(16)14(10)12-13-3-4-17-12/h1-4,6-9H,5H2/t6-,7+,8?,9?. The summed E-state index contributed by atoms with van der Waals surface area (Å²) in [6, 6.07) is 0. The van der Waals surface area contributed by atoms with Crippen LogP contribution in [0.4, 0.5) is 5.13 Å². The Morgan fingerprint density at radius 3 is 2.35 bits per heavy atom. The van der Waals surface area contributed by atoms with Crippen LogP contribution in [-0.2, 0) is 9.59 Å². The largest absolute Gasteiger partial charge is 0.274 e. The third-order valence-electron chi connectivity index (χ3n) is 4.08. The van der Waals surface area contributed by atoms with Crippen LogP contribution in [-0.4, -0.2) is 16.8 Å². The summed E-state index contributed by atoms with van der Waals surface area (Å²) in [5.74, 6) is 0.194. The number of amides is 2. The fourth-order valence-electron chi connectivity index (χ4n) is 3.42. The topological polar surface area (TPSA) is 50.3 Å². The Bertz CT molecular complexity index is 507. The summed E-state index contributed by atoms with van der Waals surface area (Å²) in [6.45, 7) is 0. The molecule has 2 amide bonds. The van der Waals surface area contributed by atoms with E-state index in [9.17, 15) is 9.59 Å². The minimum absolute atomic E-state index is 0.0493. The Kier molecular flexibility index (Phi) is 1.71. The molecule has 17 heavy (non-hydrogen) atoms. The predicted molar refractivity (Wildman–Crippen MR) is 62.3 cm³/mol. The van der Waals surface area contributed by atoms with Gasteiger partial charge in [-0.25, -0.2) is 9.88 Å². The molecule has 1 saturated heterocycles. The monoisotopic (exact) mass is 246 g/mol. The summed E-state index contributed by atoms with van der Waals surface area (Å²) >= 11 is 1.34. The second-order valence-corrected chi connectivity index (χ2v) is 5.70. The summed E-state index contributed by atoms with van der Waals surface area (Å²) in [6.07, 6.45) is 6.80. The number of imide groups is 1. The van der Waals surface area contributed by atoms with Crippen LogP contribution in [0.2, 0.25) is 0 Å². The molecule has 2 fully saturated rings. The molecule has 1 saturated carbocycles. The lowest BCUT2D eigenvalue weighted by molar-refractivity contribution is -0.123. The summed E-state index contributed by atoms with van der Waals surface area (Å²) in [7, 11) is 0. The van der Waals surface area contributed by atoms with Gasteiger partial charge in [0.1, 0.15) is 0 Å². The molecule has 2 aliphatic carbocycles. The number of rotatable bonds is 1. The van der Waals surface area contributed by atoms with E-state index < -0.39 is 0 Å². The molecule has 1 aromatic heterocycles. The molecular weight excluding hydrogens is 236 g/mol. The number of carbonyl (C=O) groups is 2. The van der Waals surface area contributed by atoms with E-state index in [2.05, 4.69) is 17.1 Å². The van der Waals surface area contributed by atoms with Crippen LogP contribution in [0.15, 0.2) is 23.7 Å². The van der Waals surface area contributed by atoms with Crippen molar-refractivity contribution >= 4 is 28.3 Å². The Labute approximate surface area is 102 Å². The van der Waals surface area contributed by atoms with E-state index in [1.807, 2.05) is 0 Å². The van der Waals surface area contributed by atoms with Crippen molar-refractivity contribution in [3.05, 3.63) is 23.7 Å². The number of nitrogens with zero attached hydrogens (tertiary/aromatic N) is 2. The van der Waals surface area contributed by atoms with E-state index >= 15 is 0 Å². The van der Waals surface area contributed by atoms with Gasteiger partial charge in [0, 0.05) is 11.6 Å². The maximum absolute atomic E-state index is 12.3. The molecule has 86 valence electrons. The summed E-state index contributed by atoms with van der Waals surface area (Å²) in [4.78, 5) is 30.0. The summed E-state index contributed by atoms with van der Waals surface area (Å²) in [5, 5.41) is 2.31. The smallest absolute Gasteiger partial charge is 0.240 e. The average molecular weight is 246 g/mol. The quantitative estimate of drug-likeness (QED) is 0.556. The minimum atomic E-state index is -0.124. The Balaban J connectivity index is 1.79. The van der Waals surface area contributed by atoms with Gasteiger partial charge in [-0.05, 0) is 18.3 Å². The van der Waals surface area contributed by atoms with Crippen molar-refractivity contribution in [1.29, 1.82) is 0 Å². The van der Waals surface area contributed by atoms with Gasteiger partial charge in [0.25, 0.3) is 0 Å². The first kappa shape index (κ1) is 9.53. The highest BCUT2D eigenvalue weighted by molar-refractivity contribution is 7.14. The van der Waals surface area contributed by atoms with Crippen LogP contribution in [0, 0.1) is 23.7 Å². The van der Waals surface area contributed by atoms with Crippen molar-refractivity contribution in [2.75, 3.05) is 4.90 Å². The molecular formula is C12H10N2O2S. The molecule has 2 bridgehead atoms. The molecule has 2 heterocycles. The molecule has 4 rings (SSSR count). The third kappa shape index (κ3) is 1.05. The number of fused-ring (bicyclic) bond motifs is 5. The number of aromatic nitrogens is 1. The van der Waals surface area contributed by atoms with Crippen LogP contribution in [0.5, 0.6) is 0 Å². The number of anilines is 1. The van der Waals surface area contributed by atoms with Crippen LogP contribution in [0.3, 0.4) is 0 Å². The molecule has 1 aliphatic heterocycles. The van der Waals surface area contributed by atoms with Crippen molar-refractivity contribution in [2.24, 2.45) is 23.7 Å².